The maximum absolute atomic E-state index is 12.9. The van der Waals surface area contributed by atoms with Crippen molar-refractivity contribution in [2.75, 3.05) is 5.73 Å². The van der Waals surface area contributed by atoms with E-state index in [1.54, 1.807) is 16.9 Å². The molecule has 4 N–H and O–H groups in total. The predicted molar refractivity (Wildman–Crippen MR) is 143 cm³/mol. The molecule has 4 aromatic rings. The van der Waals surface area contributed by atoms with Gasteiger partial charge < -0.3 is 20.5 Å². The Morgan fingerprint density at radius 2 is 1.84 bits per heavy atom. The molecule has 0 saturated heterocycles. The number of nitrogens with zero attached hydrogens (tertiary/aromatic N) is 4. The number of nitrogen functional groups attached to an aromatic ring is 1. The minimum absolute atomic E-state index is 0.000865. The van der Waals surface area contributed by atoms with E-state index >= 15 is 0 Å². The summed E-state index contributed by atoms with van der Waals surface area (Å²) in [6.07, 6.45) is 4.18. The molecule has 0 spiro atoms. The fraction of sp³-hybridized carbons (Fsp3) is 0.370. The summed E-state index contributed by atoms with van der Waals surface area (Å²) in [6, 6.07) is 12.8. The quantitative estimate of drug-likeness (QED) is 0.348. The number of fused-ring (bicyclic) bond motifs is 1. The van der Waals surface area contributed by atoms with E-state index in [1.807, 2.05) is 57.2 Å². The highest BCUT2D eigenvalue weighted by molar-refractivity contribution is 5.99. The van der Waals surface area contributed by atoms with E-state index in [0.717, 1.165) is 31.2 Å². The highest BCUT2D eigenvalue weighted by Gasteiger charge is 2.29. The van der Waals surface area contributed by atoms with E-state index in [4.69, 9.17) is 20.3 Å². The Hall–Kier alpha value is -4.41. The van der Waals surface area contributed by atoms with Crippen LogP contribution in [0.15, 0.2) is 53.5 Å². The number of pyridine rings is 1. The normalized spacial score (nSPS) is 17.8. The second-order valence-electron chi connectivity index (χ2n) is 10.4. The van der Waals surface area contributed by atoms with Gasteiger partial charge in [0.05, 0.1) is 11.4 Å². The number of anilines is 1. The van der Waals surface area contributed by atoms with E-state index in [9.17, 15) is 9.59 Å². The van der Waals surface area contributed by atoms with Crippen molar-refractivity contribution >= 4 is 22.8 Å². The molecule has 38 heavy (non-hydrogen) atoms. The van der Waals surface area contributed by atoms with Gasteiger partial charge in [-0.1, -0.05) is 6.07 Å². The Labute approximate surface area is 219 Å². The zero-order chi connectivity index (χ0) is 26.9. The first kappa shape index (κ1) is 25.2. The van der Waals surface area contributed by atoms with Gasteiger partial charge in [-0.05, 0) is 76.8 Å². The number of aromatic amines is 1. The average Bonchev–Trinajstić information content (AvgIpc) is 3.29. The van der Waals surface area contributed by atoms with E-state index in [1.165, 1.54) is 0 Å². The Morgan fingerprint density at radius 3 is 2.50 bits per heavy atom. The minimum atomic E-state index is -0.552. The number of nitrogens with one attached hydrogen (secondary N) is 2. The van der Waals surface area contributed by atoms with E-state index in [2.05, 4.69) is 20.5 Å². The van der Waals surface area contributed by atoms with Crippen LogP contribution < -0.4 is 21.3 Å². The second-order valence-corrected chi connectivity index (χ2v) is 10.4. The fourth-order valence-corrected chi connectivity index (χ4v) is 4.73. The topological polar surface area (TPSA) is 150 Å². The summed E-state index contributed by atoms with van der Waals surface area (Å²) in [7, 11) is 0. The van der Waals surface area contributed by atoms with Crippen molar-refractivity contribution in [3.8, 4) is 22.9 Å². The number of hydrogen-bond acceptors (Lipinski definition) is 8. The van der Waals surface area contributed by atoms with Gasteiger partial charge >= 0.3 is 6.09 Å². The molecule has 0 radical (unpaired) electrons. The molecule has 11 heteroatoms. The van der Waals surface area contributed by atoms with Gasteiger partial charge in [-0.2, -0.15) is 10.2 Å². The zero-order valence-electron chi connectivity index (χ0n) is 21.6. The molecule has 1 aliphatic carbocycles. The van der Waals surface area contributed by atoms with Crippen LogP contribution in [-0.2, 0) is 4.74 Å². The zero-order valence-corrected chi connectivity index (χ0v) is 21.6. The van der Waals surface area contributed by atoms with Gasteiger partial charge in [0.25, 0.3) is 5.56 Å². The molecule has 11 nitrogen and oxygen atoms in total. The SMILES string of the molecule is CC(C)(C)OC(=O)N[C@H]1CC[C@@H](n2nc(-c3ccc(Oc4ccccn4)cc3)c3c(N)n[nH]c(=O)c32)CC1. The van der Waals surface area contributed by atoms with Crippen LogP contribution in [0.1, 0.15) is 52.5 Å². The highest BCUT2D eigenvalue weighted by atomic mass is 16.6. The molecule has 1 aliphatic rings. The summed E-state index contributed by atoms with van der Waals surface area (Å²) in [5.74, 6) is 1.32. The number of carbonyl (C=O) groups is 1. The van der Waals surface area contributed by atoms with E-state index in [0.29, 0.717) is 28.2 Å². The van der Waals surface area contributed by atoms with Crippen LogP contribution in [0.25, 0.3) is 22.2 Å². The molecular weight excluding hydrogens is 486 g/mol. The van der Waals surface area contributed by atoms with Crippen LogP contribution in [0.3, 0.4) is 0 Å². The van der Waals surface area contributed by atoms with Crippen molar-refractivity contribution in [3.63, 3.8) is 0 Å². The standard InChI is InChI=1S/C27H31N7O4/c1-27(2,3)38-26(36)30-17-9-11-18(12-10-17)34-23-21(24(28)31-32-25(23)35)22(33-34)16-7-13-19(14-8-16)37-20-6-4-5-15-29-20/h4-8,13-15,17-18H,9-12H2,1-3H3,(H2,28,31)(H,30,36)(H,32,35)/t17-,18+. The van der Waals surface area contributed by atoms with Crippen LogP contribution in [0, 0.1) is 0 Å². The molecule has 1 saturated carbocycles. The third kappa shape index (κ3) is 5.46. The number of aromatic nitrogens is 5. The van der Waals surface area contributed by atoms with Crippen LogP contribution in [0.4, 0.5) is 10.6 Å². The summed E-state index contributed by atoms with van der Waals surface area (Å²) in [5, 5.41) is 14.8. The minimum Gasteiger partial charge on any atom is -0.444 e. The average molecular weight is 518 g/mol. The predicted octanol–water partition coefficient (Wildman–Crippen LogP) is 4.56. The lowest BCUT2D eigenvalue weighted by Gasteiger charge is -2.30. The van der Waals surface area contributed by atoms with Crippen molar-refractivity contribution < 1.29 is 14.3 Å². The lowest BCUT2D eigenvalue weighted by molar-refractivity contribution is 0.0487. The van der Waals surface area contributed by atoms with Crippen LogP contribution in [0.2, 0.25) is 0 Å². The Balaban J connectivity index is 1.39. The molecule has 1 aromatic carbocycles. The number of carbonyl (C=O) groups excluding carboxylic acids is 1. The number of amides is 1. The number of nitrogens with two attached hydrogens (primary N) is 1. The van der Waals surface area contributed by atoms with E-state index < -0.39 is 11.7 Å². The van der Waals surface area contributed by atoms with E-state index in [-0.39, 0.29) is 23.5 Å². The summed E-state index contributed by atoms with van der Waals surface area (Å²) in [4.78, 5) is 29.3. The molecule has 0 aliphatic heterocycles. The van der Waals surface area contributed by atoms with Gasteiger partial charge in [-0.3, -0.25) is 9.48 Å². The molecule has 0 bridgehead atoms. The lowest BCUT2D eigenvalue weighted by atomic mass is 9.91. The molecule has 0 unspecified atom stereocenters. The largest absolute Gasteiger partial charge is 0.444 e. The fourth-order valence-electron chi connectivity index (χ4n) is 4.73. The van der Waals surface area contributed by atoms with Crippen molar-refractivity contribution in [1.29, 1.82) is 0 Å². The Morgan fingerprint density at radius 1 is 1.11 bits per heavy atom. The van der Waals surface area contributed by atoms with Gasteiger partial charge in [0.2, 0.25) is 5.88 Å². The smallest absolute Gasteiger partial charge is 0.407 e. The second kappa shape index (κ2) is 10.2. The van der Waals surface area contributed by atoms with Gasteiger partial charge in [0, 0.05) is 23.9 Å². The van der Waals surface area contributed by atoms with Crippen LogP contribution in [-0.4, -0.2) is 42.7 Å². The number of ether oxygens (including phenoxy) is 2. The number of benzene rings is 1. The first-order chi connectivity index (χ1) is 18.2. The Bertz CT molecular complexity index is 1480. The summed E-state index contributed by atoms with van der Waals surface area (Å²) in [6.45, 7) is 5.51. The van der Waals surface area contributed by atoms with Gasteiger partial charge in [0.1, 0.15) is 22.6 Å². The first-order valence-corrected chi connectivity index (χ1v) is 12.6. The van der Waals surface area contributed by atoms with Crippen molar-refractivity contribution in [2.45, 2.75) is 64.1 Å². The maximum atomic E-state index is 12.9. The monoisotopic (exact) mass is 517 g/mol. The molecule has 3 heterocycles. The van der Waals surface area contributed by atoms with Crippen molar-refractivity contribution in [3.05, 3.63) is 59.0 Å². The van der Waals surface area contributed by atoms with Gasteiger partial charge in [-0.15, -0.1) is 0 Å². The van der Waals surface area contributed by atoms with Crippen molar-refractivity contribution in [1.82, 2.24) is 30.3 Å². The molecule has 0 atom stereocenters. The number of hydrogen-bond donors (Lipinski definition) is 3. The van der Waals surface area contributed by atoms with Crippen LogP contribution >= 0.6 is 0 Å². The summed E-state index contributed by atoms with van der Waals surface area (Å²) < 4.78 is 12.9. The van der Waals surface area contributed by atoms with Gasteiger partial charge in [0.15, 0.2) is 5.82 Å². The lowest BCUT2D eigenvalue weighted by Crippen LogP contribution is -2.41. The first-order valence-electron chi connectivity index (χ1n) is 12.6. The molecular formula is C27H31N7O4. The molecule has 198 valence electrons. The molecule has 3 aromatic heterocycles. The molecule has 1 fully saturated rings. The van der Waals surface area contributed by atoms with Crippen molar-refractivity contribution in [2.24, 2.45) is 0 Å². The maximum Gasteiger partial charge on any atom is 0.407 e. The van der Waals surface area contributed by atoms with Gasteiger partial charge in [-0.25, -0.2) is 14.9 Å². The number of H-pyrrole nitrogens is 1. The summed E-state index contributed by atoms with van der Waals surface area (Å²) in [5.41, 5.74) is 7.09. The summed E-state index contributed by atoms with van der Waals surface area (Å²) >= 11 is 0. The number of rotatable bonds is 5. The Kier molecular flexibility index (Phi) is 6.75. The molecule has 5 rings (SSSR count). The van der Waals surface area contributed by atoms with Crippen LogP contribution in [0.5, 0.6) is 11.6 Å². The molecule has 1 amide bonds. The highest BCUT2D eigenvalue weighted by Crippen LogP contribution is 2.36. The third-order valence-electron chi connectivity index (χ3n) is 6.41. The third-order valence-corrected chi connectivity index (χ3v) is 6.41. The number of alkyl carbamates (subject to hydrolysis) is 1.